The molecule has 1 aromatic carbocycles. The Bertz CT molecular complexity index is 567. The van der Waals surface area contributed by atoms with E-state index >= 15 is 0 Å². The van der Waals surface area contributed by atoms with Crippen molar-refractivity contribution in [1.82, 2.24) is 9.55 Å². The Hall–Kier alpha value is -1.77. The molecule has 1 N–H and O–H groups in total. The number of hydrogen-bond acceptors (Lipinski definition) is 2. The van der Waals surface area contributed by atoms with Crippen LogP contribution in [0.5, 0.6) is 0 Å². The van der Waals surface area contributed by atoms with Crippen LogP contribution in [0.25, 0.3) is 0 Å². The minimum Gasteiger partial charge on any atom is -0.353 e. The lowest BCUT2D eigenvalue weighted by Gasteiger charge is -2.09. The second-order valence-electron chi connectivity index (χ2n) is 5.56. The van der Waals surface area contributed by atoms with Crippen LogP contribution in [0.15, 0.2) is 30.5 Å². The maximum Gasteiger partial charge on any atom is 0.203 e. The summed E-state index contributed by atoms with van der Waals surface area (Å²) in [7, 11) is 0. The number of nitrogens with zero attached hydrogens (tertiary/aromatic N) is 2. The Labute approximate surface area is 114 Å². The summed E-state index contributed by atoms with van der Waals surface area (Å²) in [6, 6.07) is 9.39. The number of aromatic nitrogens is 2. The lowest BCUT2D eigenvalue weighted by molar-refractivity contribution is 0.698. The van der Waals surface area contributed by atoms with Gasteiger partial charge in [-0.05, 0) is 38.7 Å². The van der Waals surface area contributed by atoms with Crippen LogP contribution in [-0.2, 0) is 13.0 Å². The van der Waals surface area contributed by atoms with Gasteiger partial charge in [-0.1, -0.05) is 29.8 Å². The number of imidazole rings is 1. The SMILES string of the molecule is Cc1cccc(CCn2cc(C)nc2NC2CC2)c1. The summed E-state index contributed by atoms with van der Waals surface area (Å²) < 4.78 is 2.25. The first-order valence-corrected chi connectivity index (χ1v) is 7.06. The quantitative estimate of drug-likeness (QED) is 0.888. The third kappa shape index (κ3) is 3.16. The van der Waals surface area contributed by atoms with Crippen molar-refractivity contribution in [1.29, 1.82) is 0 Å². The van der Waals surface area contributed by atoms with E-state index in [-0.39, 0.29) is 0 Å². The van der Waals surface area contributed by atoms with Crippen LogP contribution in [0.3, 0.4) is 0 Å². The summed E-state index contributed by atoms with van der Waals surface area (Å²) in [6.07, 6.45) is 5.75. The third-order valence-corrected chi connectivity index (χ3v) is 3.53. The van der Waals surface area contributed by atoms with Crippen molar-refractivity contribution in [2.75, 3.05) is 5.32 Å². The minimum atomic E-state index is 0.652. The first-order chi connectivity index (χ1) is 9.20. The number of anilines is 1. The van der Waals surface area contributed by atoms with Crippen molar-refractivity contribution in [2.24, 2.45) is 0 Å². The topological polar surface area (TPSA) is 29.9 Å². The normalized spacial score (nSPS) is 14.6. The molecule has 1 heterocycles. The molecule has 0 spiro atoms. The molecule has 0 bridgehead atoms. The van der Waals surface area contributed by atoms with Crippen molar-refractivity contribution in [3.05, 3.63) is 47.3 Å². The largest absolute Gasteiger partial charge is 0.353 e. The summed E-state index contributed by atoms with van der Waals surface area (Å²) in [6.45, 7) is 5.19. The van der Waals surface area contributed by atoms with Gasteiger partial charge in [-0.2, -0.15) is 0 Å². The highest BCUT2D eigenvalue weighted by molar-refractivity contribution is 5.32. The zero-order valence-electron chi connectivity index (χ0n) is 11.7. The molecule has 100 valence electrons. The lowest BCUT2D eigenvalue weighted by Crippen LogP contribution is -2.10. The molecule has 19 heavy (non-hydrogen) atoms. The molecule has 0 atom stereocenters. The van der Waals surface area contributed by atoms with Gasteiger partial charge in [-0.3, -0.25) is 0 Å². The van der Waals surface area contributed by atoms with E-state index in [0.29, 0.717) is 6.04 Å². The fraction of sp³-hybridized carbons (Fsp3) is 0.438. The monoisotopic (exact) mass is 255 g/mol. The Kier molecular flexibility index (Phi) is 3.28. The molecule has 3 rings (SSSR count). The van der Waals surface area contributed by atoms with Crippen molar-refractivity contribution in [2.45, 2.75) is 45.7 Å². The van der Waals surface area contributed by atoms with E-state index in [1.54, 1.807) is 0 Å². The summed E-state index contributed by atoms with van der Waals surface area (Å²) in [4.78, 5) is 4.57. The molecule has 0 saturated heterocycles. The predicted octanol–water partition coefficient (Wildman–Crippen LogP) is 3.32. The van der Waals surface area contributed by atoms with Gasteiger partial charge in [0.1, 0.15) is 0 Å². The number of aryl methyl sites for hydroxylation is 4. The molecule has 0 radical (unpaired) electrons. The van der Waals surface area contributed by atoms with Crippen molar-refractivity contribution in [3.63, 3.8) is 0 Å². The first-order valence-electron chi connectivity index (χ1n) is 7.06. The van der Waals surface area contributed by atoms with Gasteiger partial charge in [0.05, 0.1) is 5.69 Å². The summed E-state index contributed by atoms with van der Waals surface area (Å²) >= 11 is 0. The highest BCUT2D eigenvalue weighted by Crippen LogP contribution is 2.24. The summed E-state index contributed by atoms with van der Waals surface area (Å²) in [5.41, 5.74) is 3.81. The number of nitrogens with one attached hydrogen (secondary N) is 1. The molecule has 1 saturated carbocycles. The van der Waals surface area contributed by atoms with Crippen LogP contribution >= 0.6 is 0 Å². The molecular weight excluding hydrogens is 234 g/mol. The smallest absolute Gasteiger partial charge is 0.203 e. The van der Waals surface area contributed by atoms with Gasteiger partial charge in [0, 0.05) is 18.8 Å². The highest BCUT2D eigenvalue weighted by Gasteiger charge is 2.22. The van der Waals surface area contributed by atoms with Crippen molar-refractivity contribution >= 4 is 5.95 Å². The first kappa shape index (κ1) is 12.3. The molecule has 1 aliphatic carbocycles. The highest BCUT2D eigenvalue weighted by atomic mass is 15.2. The van der Waals surface area contributed by atoms with Crippen LogP contribution < -0.4 is 5.32 Å². The Morgan fingerprint density at radius 1 is 1.32 bits per heavy atom. The lowest BCUT2D eigenvalue weighted by atomic mass is 10.1. The Balaban J connectivity index is 1.68. The van der Waals surface area contributed by atoms with Gasteiger partial charge >= 0.3 is 0 Å². The zero-order chi connectivity index (χ0) is 13.2. The van der Waals surface area contributed by atoms with E-state index in [1.165, 1.54) is 24.0 Å². The van der Waals surface area contributed by atoms with Gasteiger partial charge in [-0.25, -0.2) is 4.98 Å². The average Bonchev–Trinajstić information content (AvgIpc) is 3.11. The van der Waals surface area contributed by atoms with E-state index in [9.17, 15) is 0 Å². The third-order valence-electron chi connectivity index (χ3n) is 3.53. The van der Waals surface area contributed by atoms with E-state index in [1.807, 2.05) is 0 Å². The predicted molar refractivity (Wildman–Crippen MR) is 78.5 cm³/mol. The van der Waals surface area contributed by atoms with Crippen LogP contribution in [-0.4, -0.2) is 15.6 Å². The van der Waals surface area contributed by atoms with E-state index in [4.69, 9.17) is 0 Å². The maximum atomic E-state index is 4.57. The molecule has 0 amide bonds. The number of benzene rings is 1. The van der Waals surface area contributed by atoms with E-state index in [0.717, 1.165) is 24.6 Å². The van der Waals surface area contributed by atoms with Gasteiger partial charge in [0.15, 0.2) is 0 Å². The molecule has 1 aromatic heterocycles. The number of hydrogen-bond donors (Lipinski definition) is 1. The Morgan fingerprint density at radius 2 is 2.16 bits per heavy atom. The van der Waals surface area contributed by atoms with Crippen molar-refractivity contribution in [3.8, 4) is 0 Å². The zero-order valence-corrected chi connectivity index (χ0v) is 11.7. The van der Waals surface area contributed by atoms with Crippen LogP contribution in [0.4, 0.5) is 5.95 Å². The minimum absolute atomic E-state index is 0.652. The summed E-state index contributed by atoms with van der Waals surface area (Å²) in [5, 5.41) is 3.50. The fourth-order valence-corrected chi connectivity index (χ4v) is 2.36. The van der Waals surface area contributed by atoms with Gasteiger partial charge < -0.3 is 9.88 Å². The molecule has 1 aliphatic rings. The molecule has 3 nitrogen and oxygen atoms in total. The second kappa shape index (κ2) is 5.08. The maximum absolute atomic E-state index is 4.57. The molecule has 0 unspecified atom stereocenters. The molecule has 3 heteroatoms. The van der Waals surface area contributed by atoms with Gasteiger partial charge in [0.25, 0.3) is 0 Å². The molecule has 1 fully saturated rings. The second-order valence-corrected chi connectivity index (χ2v) is 5.56. The van der Waals surface area contributed by atoms with Gasteiger partial charge in [-0.15, -0.1) is 0 Å². The van der Waals surface area contributed by atoms with Gasteiger partial charge in [0.2, 0.25) is 5.95 Å². The van der Waals surface area contributed by atoms with Crippen LogP contribution in [0.2, 0.25) is 0 Å². The van der Waals surface area contributed by atoms with E-state index < -0.39 is 0 Å². The van der Waals surface area contributed by atoms with Crippen LogP contribution in [0, 0.1) is 13.8 Å². The molecule has 2 aromatic rings. The number of rotatable bonds is 5. The average molecular weight is 255 g/mol. The summed E-state index contributed by atoms with van der Waals surface area (Å²) in [5.74, 6) is 1.03. The Morgan fingerprint density at radius 3 is 2.89 bits per heavy atom. The van der Waals surface area contributed by atoms with E-state index in [2.05, 4.69) is 59.2 Å². The standard InChI is InChI=1S/C16H21N3/c1-12-4-3-5-14(10-12)8-9-19-11-13(2)17-16(19)18-15-6-7-15/h3-5,10-11,15H,6-9H2,1-2H3,(H,17,18). The molecular formula is C16H21N3. The van der Waals surface area contributed by atoms with Crippen molar-refractivity contribution < 1.29 is 0 Å². The van der Waals surface area contributed by atoms with Crippen LogP contribution in [0.1, 0.15) is 29.7 Å². The fourth-order valence-electron chi connectivity index (χ4n) is 2.36. The molecule has 0 aliphatic heterocycles.